The van der Waals surface area contributed by atoms with Crippen LogP contribution in [-0.4, -0.2) is 29.9 Å². The second kappa shape index (κ2) is 6.04. The van der Waals surface area contributed by atoms with Crippen LogP contribution in [0.15, 0.2) is 18.2 Å². The van der Waals surface area contributed by atoms with Gasteiger partial charge in [-0.2, -0.15) is 0 Å². The summed E-state index contributed by atoms with van der Waals surface area (Å²) in [5.41, 5.74) is 1.08. The Morgan fingerprint density at radius 3 is 2.84 bits per heavy atom. The molecule has 104 valence electrons. The van der Waals surface area contributed by atoms with Gasteiger partial charge in [-0.3, -0.25) is 0 Å². The van der Waals surface area contributed by atoms with Crippen molar-refractivity contribution in [3.05, 3.63) is 29.3 Å². The highest BCUT2D eigenvalue weighted by Gasteiger charge is 2.26. The molecule has 0 radical (unpaired) electrons. The van der Waals surface area contributed by atoms with Gasteiger partial charge in [0.25, 0.3) is 0 Å². The highest BCUT2D eigenvalue weighted by atomic mass is 16.5. The highest BCUT2D eigenvalue weighted by Crippen LogP contribution is 2.35. The van der Waals surface area contributed by atoms with E-state index in [0.717, 1.165) is 19.3 Å². The minimum atomic E-state index is -1.54. The molecule has 1 aliphatic rings. The number of carbonyl (C=O) groups is 1. The second-order valence-corrected chi connectivity index (χ2v) is 4.59. The molecule has 2 N–H and O–H groups in total. The lowest BCUT2D eigenvalue weighted by Gasteiger charge is -2.26. The molecule has 0 amide bonds. The molecular formula is C14H18O5. The van der Waals surface area contributed by atoms with Crippen LogP contribution in [0.5, 0.6) is 5.75 Å². The number of benzene rings is 1. The Kier molecular flexibility index (Phi) is 4.39. The first kappa shape index (κ1) is 13.8. The maximum Gasteiger partial charge on any atom is 0.337 e. The molecule has 0 saturated carbocycles. The van der Waals surface area contributed by atoms with E-state index in [1.54, 1.807) is 25.3 Å². The summed E-state index contributed by atoms with van der Waals surface area (Å²) < 4.78 is 10.8. The number of aliphatic hydroxyl groups excluding tert-OH is 1. The predicted molar refractivity (Wildman–Crippen MR) is 68.1 cm³/mol. The van der Waals surface area contributed by atoms with Gasteiger partial charge in [0.05, 0.1) is 13.2 Å². The van der Waals surface area contributed by atoms with E-state index in [4.69, 9.17) is 14.6 Å². The molecule has 2 atom stereocenters. The van der Waals surface area contributed by atoms with Crippen molar-refractivity contribution < 1.29 is 24.5 Å². The molecule has 1 aliphatic heterocycles. The summed E-state index contributed by atoms with van der Waals surface area (Å²) in [6.07, 6.45) is 1.16. The number of carboxylic acid groups (broad SMARTS) is 1. The number of aliphatic carboxylic acids is 1. The summed E-state index contributed by atoms with van der Waals surface area (Å²) in [6.45, 7) is 0.657. The molecule has 0 bridgehead atoms. The van der Waals surface area contributed by atoms with Crippen LogP contribution in [0.1, 0.15) is 42.6 Å². The van der Waals surface area contributed by atoms with E-state index in [-0.39, 0.29) is 6.10 Å². The van der Waals surface area contributed by atoms with E-state index in [9.17, 15) is 9.90 Å². The molecule has 1 fully saturated rings. The average Bonchev–Trinajstić information content (AvgIpc) is 2.46. The summed E-state index contributed by atoms with van der Waals surface area (Å²) in [5, 5.41) is 18.7. The first-order chi connectivity index (χ1) is 9.13. The fraction of sp³-hybridized carbons (Fsp3) is 0.500. The summed E-state index contributed by atoms with van der Waals surface area (Å²) >= 11 is 0. The Bertz CT molecular complexity index is 451. The Hall–Kier alpha value is -1.59. The van der Waals surface area contributed by atoms with Crippen LogP contribution in [-0.2, 0) is 9.53 Å². The quantitative estimate of drug-likeness (QED) is 0.872. The summed E-state index contributed by atoms with van der Waals surface area (Å²) in [4.78, 5) is 11.0. The van der Waals surface area contributed by atoms with Crippen molar-refractivity contribution in [3.63, 3.8) is 0 Å². The monoisotopic (exact) mass is 266 g/mol. The van der Waals surface area contributed by atoms with Gasteiger partial charge in [0.2, 0.25) is 0 Å². The van der Waals surface area contributed by atoms with Gasteiger partial charge >= 0.3 is 5.97 Å². The molecule has 1 saturated heterocycles. The van der Waals surface area contributed by atoms with E-state index in [1.165, 1.54) is 0 Å². The lowest BCUT2D eigenvalue weighted by atomic mass is 9.93. The van der Waals surface area contributed by atoms with Crippen molar-refractivity contribution in [2.75, 3.05) is 13.7 Å². The lowest BCUT2D eigenvalue weighted by molar-refractivity contribution is -0.147. The van der Waals surface area contributed by atoms with Crippen molar-refractivity contribution >= 4 is 5.97 Å². The fourth-order valence-electron chi connectivity index (χ4n) is 2.33. The summed E-state index contributed by atoms with van der Waals surface area (Å²) in [5.74, 6) is -0.632. The van der Waals surface area contributed by atoms with Crippen LogP contribution < -0.4 is 4.74 Å². The van der Waals surface area contributed by atoms with Crippen LogP contribution in [0.3, 0.4) is 0 Å². The molecule has 5 nitrogen and oxygen atoms in total. The number of aliphatic hydroxyl groups is 1. The smallest absolute Gasteiger partial charge is 0.337 e. The van der Waals surface area contributed by atoms with Gasteiger partial charge in [0, 0.05) is 6.61 Å². The standard InChI is InChI=1S/C14H18O5/c1-18-9-5-6-10(13(15)14(16)17)11(8-9)12-4-2-3-7-19-12/h5-6,8,12-13,15H,2-4,7H2,1H3,(H,16,17)/t12-,13?/m0/s1. The third kappa shape index (κ3) is 3.05. The van der Waals surface area contributed by atoms with E-state index in [2.05, 4.69) is 0 Å². The SMILES string of the molecule is COc1ccc(C(O)C(=O)O)c([C@@H]2CCCCO2)c1. The van der Waals surface area contributed by atoms with Gasteiger partial charge in [-0.15, -0.1) is 0 Å². The van der Waals surface area contributed by atoms with Gasteiger partial charge in [-0.25, -0.2) is 4.79 Å². The molecule has 1 aromatic carbocycles. The zero-order valence-corrected chi connectivity index (χ0v) is 10.8. The zero-order chi connectivity index (χ0) is 13.8. The lowest BCUT2D eigenvalue weighted by Crippen LogP contribution is -2.18. The zero-order valence-electron chi connectivity index (χ0n) is 10.8. The minimum Gasteiger partial charge on any atom is -0.497 e. The van der Waals surface area contributed by atoms with Crippen LogP contribution in [0.25, 0.3) is 0 Å². The Labute approximate surface area is 111 Å². The van der Waals surface area contributed by atoms with E-state index >= 15 is 0 Å². The van der Waals surface area contributed by atoms with E-state index in [1.807, 2.05) is 0 Å². The number of hydrogen-bond acceptors (Lipinski definition) is 4. The van der Waals surface area contributed by atoms with Crippen molar-refractivity contribution in [2.24, 2.45) is 0 Å². The number of carboxylic acids is 1. The summed E-state index contributed by atoms with van der Waals surface area (Å²) in [7, 11) is 1.55. The van der Waals surface area contributed by atoms with Crippen LogP contribution in [0.4, 0.5) is 0 Å². The molecule has 0 aliphatic carbocycles. The van der Waals surface area contributed by atoms with Crippen molar-refractivity contribution in [2.45, 2.75) is 31.5 Å². The van der Waals surface area contributed by atoms with Gasteiger partial charge in [-0.1, -0.05) is 6.07 Å². The third-order valence-electron chi connectivity index (χ3n) is 3.35. The van der Waals surface area contributed by atoms with E-state index in [0.29, 0.717) is 23.5 Å². The third-order valence-corrected chi connectivity index (χ3v) is 3.35. The van der Waals surface area contributed by atoms with Crippen LogP contribution in [0, 0.1) is 0 Å². The normalized spacial score (nSPS) is 20.8. The number of ether oxygens (including phenoxy) is 2. The Balaban J connectivity index is 2.38. The van der Waals surface area contributed by atoms with E-state index < -0.39 is 12.1 Å². The van der Waals surface area contributed by atoms with Crippen LogP contribution in [0.2, 0.25) is 0 Å². The molecule has 2 rings (SSSR count). The van der Waals surface area contributed by atoms with Gasteiger partial charge < -0.3 is 19.7 Å². The predicted octanol–water partition coefficient (Wildman–Crippen LogP) is 2.05. The molecule has 1 aromatic rings. The van der Waals surface area contributed by atoms with Gasteiger partial charge in [0.1, 0.15) is 5.75 Å². The molecule has 5 heteroatoms. The fourth-order valence-corrected chi connectivity index (χ4v) is 2.33. The van der Waals surface area contributed by atoms with Crippen LogP contribution >= 0.6 is 0 Å². The number of methoxy groups -OCH3 is 1. The molecule has 0 aromatic heterocycles. The largest absolute Gasteiger partial charge is 0.497 e. The first-order valence-electron chi connectivity index (χ1n) is 6.33. The second-order valence-electron chi connectivity index (χ2n) is 4.59. The van der Waals surface area contributed by atoms with Crippen molar-refractivity contribution in [1.82, 2.24) is 0 Å². The topological polar surface area (TPSA) is 76.0 Å². The number of rotatable bonds is 4. The van der Waals surface area contributed by atoms with Crippen molar-refractivity contribution in [1.29, 1.82) is 0 Å². The Morgan fingerprint density at radius 1 is 1.47 bits per heavy atom. The first-order valence-corrected chi connectivity index (χ1v) is 6.33. The average molecular weight is 266 g/mol. The maximum absolute atomic E-state index is 11.0. The Morgan fingerprint density at radius 2 is 2.26 bits per heavy atom. The van der Waals surface area contributed by atoms with Gasteiger partial charge in [-0.05, 0) is 42.5 Å². The summed E-state index contributed by atoms with van der Waals surface area (Å²) in [6, 6.07) is 4.98. The van der Waals surface area contributed by atoms with Gasteiger partial charge in [0.15, 0.2) is 6.10 Å². The molecular weight excluding hydrogens is 248 g/mol. The minimum absolute atomic E-state index is 0.173. The molecule has 19 heavy (non-hydrogen) atoms. The highest BCUT2D eigenvalue weighted by molar-refractivity contribution is 5.74. The molecule has 1 heterocycles. The number of hydrogen-bond donors (Lipinski definition) is 2. The maximum atomic E-state index is 11.0. The van der Waals surface area contributed by atoms with Crippen molar-refractivity contribution in [3.8, 4) is 5.75 Å². The molecule has 1 unspecified atom stereocenters. The molecule has 0 spiro atoms.